The quantitative estimate of drug-likeness (QED) is 0.366. The number of nitrogens with zero attached hydrogens (tertiary/aromatic N) is 2. The lowest BCUT2D eigenvalue weighted by Crippen LogP contribution is -2.48. The monoisotopic (exact) mass is 436 g/mol. The van der Waals surface area contributed by atoms with Crippen molar-refractivity contribution in [1.29, 1.82) is 0 Å². The Morgan fingerprint density at radius 1 is 1.34 bits per heavy atom. The largest absolute Gasteiger partial charge is 0.364 e. The fraction of sp³-hybridized carbons (Fsp3) is 0.278. The summed E-state index contributed by atoms with van der Waals surface area (Å²) in [6.07, 6.45) is 1.85. The van der Waals surface area contributed by atoms with Gasteiger partial charge in [0.05, 0.1) is 28.7 Å². The lowest BCUT2D eigenvalue weighted by atomic mass is 10.1. The summed E-state index contributed by atoms with van der Waals surface area (Å²) < 4.78 is 20.1. The third kappa shape index (κ3) is 3.89. The minimum absolute atomic E-state index is 0.0266. The van der Waals surface area contributed by atoms with Crippen molar-refractivity contribution in [3.05, 3.63) is 41.2 Å². The molecule has 29 heavy (non-hydrogen) atoms. The van der Waals surface area contributed by atoms with E-state index in [-0.39, 0.29) is 28.9 Å². The maximum atomic E-state index is 11.9. The molecule has 2 atom stereocenters. The van der Waals surface area contributed by atoms with Crippen LogP contribution in [0.15, 0.2) is 30.5 Å². The van der Waals surface area contributed by atoms with Crippen LogP contribution in [-0.4, -0.2) is 53.6 Å². The highest BCUT2D eigenvalue weighted by molar-refractivity contribution is 8.24. The summed E-state index contributed by atoms with van der Waals surface area (Å²) >= 11 is 6.52. The van der Waals surface area contributed by atoms with Gasteiger partial charge in [-0.2, -0.15) is 10.6 Å². The van der Waals surface area contributed by atoms with Gasteiger partial charge in [0.15, 0.2) is 5.69 Å². The minimum Gasteiger partial charge on any atom is -0.364 e. The van der Waals surface area contributed by atoms with Gasteiger partial charge in [0.1, 0.15) is 11.5 Å². The van der Waals surface area contributed by atoms with Crippen molar-refractivity contribution in [2.24, 2.45) is 11.5 Å². The summed E-state index contributed by atoms with van der Waals surface area (Å²) in [5.41, 5.74) is 13.0. The highest BCUT2D eigenvalue weighted by atomic mass is 35.5. The van der Waals surface area contributed by atoms with E-state index in [9.17, 15) is 13.9 Å². The Labute approximate surface area is 173 Å². The molecule has 1 aromatic carbocycles. The number of aromatic nitrogens is 3. The first-order chi connectivity index (χ1) is 13.7. The zero-order valence-electron chi connectivity index (χ0n) is 15.3. The number of hydrogen-bond donors (Lipinski definition) is 6. The Kier molecular flexibility index (Phi) is 5.13. The van der Waals surface area contributed by atoms with E-state index in [0.29, 0.717) is 23.0 Å². The van der Waals surface area contributed by atoms with E-state index < -0.39 is 22.5 Å². The van der Waals surface area contributed by atoms with Crippen LogP contribution in [-0.2, 0) is 0 Å². The number of halogens is 1. The second kappa shape index (κ2) is 7.47. The van der Waals surface area contributed by atoms with Gasteiger partial charge in [-0.15, -0.1) is 0 Å². The summed E-state index contributed by atoms with van der Waals surface area (Å²) in [7, 11) is -2.68. The number of carbonyl (C=O) groups is 1. The Balaban J connectivity index is 1.75. The first-order valence-corrected chi connectivity index (χ1v) is 11.2. The van der Waals surface area contributed by atoms with Gasteiger partial charge in [-0.25, -0.2) is 9.97 Å². The number of carbonyl (C=O) groups excluding carboxylic acids is 1. The Bertz CT molecular complexity index is 1090. The number of rotatable bonds is 4. The van der Waals surface area contributed by atoms with Gasteiger partial charge in [0, 0.05) is 22.7 Å². The van der Waals surface area contributed by atoms with Crippen LogP contribution >= 0.6 is 22.2 Å². The lowest BCUT2D eigenvalue weighted by molar-refractivity contribution is 0.0996. The molecule has 1 fully saturated rings. The maximum Gasteiger partial charge on any atom is 0.269 e. The van der Waals surface area contributed by atoms with Gasteiger partial charge in [0.2, 0.25) is 0 Å². The number of nitrogens with two attached hydrogens (primary N) is 2. The average Bonchev–Trinajstić information content (AvgIpc) is 3.01. The maximum absolute atomic E-state index is 11.9. The van der Waals surface area contributed by atoms with E-state index in [1.807, 2.05) is 24.3 Å². The second-order valence-electron chi connectivity index (χ2n) is 7.05. The molecule has 0 bridgehead atoms. The number of primary amides is 1. The van der Waals surface area contributed by atoms with E-state index in [1.54, 1.807) is 0 Å². The molecule has 1 saturated heterocycles. The number of amides is 1. The average molecular weight is 437 g/mol. The van der Waals surface area contributed by atoms with Gasteiger partial charge in [-0.1, -0.05) is 29.8 Å². The van der Waals surface area contributed by atoms with Crippen molar-refractivity contribution in [3.63, 3.8) is 0 Å². The Hall–Kier alpha value is -2.37. The van der Waals surface area contributed by atoms with Crippen molar-refractivity contribution in [3.8, 4) is 11.4 Å². The Morgan fingerprint density at radius 2 is 2.10 bits per heavy atom. The first-order valence-electron chi connectivity index (χ1n) is 8.94. The summed E-state index contributed by atoms with van der Waals surface area (Å²) in [6, 6.07) is 6.76. The number of H-pyrrole nitrogens is 1. The molecular formula is C18H21ClN6O3S. The molecule has 9 nitrogen and oxygen atoms in total. The van der Waals surface area contributed by atoms with E-state index in [4.69, 9.17) is 23.1 Å². The van der Waals surface area contributed by atoms with Crippen molar-refractivity contribution in [2.45, 2.75) is 18.5 Å². The van der Waals surface area contributed by atoms with Gasteiger partial charge in [-0.05, 0) is 12.5 Å². The molecule has 3 aromatic rings. The highest BCUT2D eigenvalue weighted by Gasteiger charge is 2.32. The molecule has 2 aromatic heterocycles. The number of fused-ring (bicyclic) bond motifs is 1. The van der Waals surface area contributed by atoms with Crippen LogP contribution < -0.4 is 16.8 Å². The van der Waals surface area contributed by atoms with Crippen LogP contribution in [0.2, 0.25) is 5.02 Å². The first kappa shape index (κ1) is 19.9. The molecule has 154 valence electrons. The zero-order chi connectivity index (χ0) is 20.8. The molecule has 11 heteroatoms. The van der Waals surface area contributed by atoms with Crippen molar-refractivity contribution < 1.29 is 13.9 Å². The van der Waals surface area contributed by atoms with E-state index in [0.717, 1.165) is 10.9 Å². The SMILES string of the molecule is NC(=O)c1ncc(N[C@@H]2CS(O)(O)CC[C@@H]2N)nc1-c1[nH]c2ccccc2c1Cl. The molecule has 4 rings (SSSR count). The van der Waals surface area contributed by atoms with Crippen LogP contribution in [0.3, 0.4) is 0 Å². The Morgan fingerprint density at radius 3 is 2.83 bits per heavy atom. The number of benzene rings is 1. The summed E-state index contributed by atoms with van der Waals surface area (Å²) in [6.45, 7) is 0. The minimum atomic E-state index is -2.68. The summed E-state index contributed by atoms with van der Waals surface area (Å²) in [5.74, 6) is -0.000588. The molecule has 1 aliphatic heterocycles. The van der Waals surface area contributed by atoms with E-state index in [2.05, 4.69) is 20.3 Å². The predicted octanol–water partition coefficient (Wildman–Crippen LogP) is 2.64. The van der Waals surface area contributed by atoms with Gasteiger partial charge in [-0.3, -0.25) is 13.9 Å². The van der Waals surface area contributed by atoms with Gasteiger partial charge in [0.25, 0.3) is 5.91 Å². The van der Waals surface area contributed by atoms with E-state index >= 15 is 0 Å². The molecule has 0 aliphatic carbocycles. The number of aromatic amines is 1. The standard InChI is InChI=1S/C18H21ClN6O3S/c19-14-9-3-1-2-4-11(9)24-15(14)16-17(18(21)26)22-7-13(25-16)23-12-8-29(27,28)6-5-10(12)20/h1-4,7,10,12,24,27-28H,5-6,8,20H2,(H2,21,26)(H,23,25)/t10-,12+/m0/s1. The molecule has 8 N–H and O–H groups in total. The summed E-state index contributed by atoms with van der Waals surface area (Å²) in [4.78, 5) is 23.7. The third-order valence-electron chi connectivity index (χ3n) is 4.96. The van der Waals surface area contributed by atoms with Crippen LogP contribution in [0.4, 0.5) is 5.82 Å². The molecule has 0 radical (unpaired) electrons. The van der Waals surface area contributed by atoms with Crippen LogP contribution in [0, 0.1) is 0 Å². The lowest BCUT2D eigenvalue weighted by Gasteiger charge is -2.43. The molecule has 0 saturated carbocycles. The molecular weight excluding hydrogens is 416 g/mol. The molecule has 1 amide bonds. The molecule has 0 spiro atoms. The second-order valence-corrected chi connectivity index (χ2v) is 9.78. The molecule has 3 heterocycles. The number of para-hydroxylation sites is 1. The fourth-order valence-electron chi connectivity index (χ4n) is 3.44. The third-order valence-corrected chi connectivity index (χ3v) is 7.14. The fourth-order valence-corrected chi connectivity index (χ4v) is 5.47. The number of nitrogens with one attached hydrogen (secondary N) is 2. The molecule has 0 unspecified atom stereocenters. The molecule has 1 aliphatic rings. The van der Waals surface area contributed by atoms with Crippen molar-refractivity contribution >= 4 is 44.8 Å². The van der Waals surface area contributed by atoms with Crippen LogP contribution in [0.5, 0.6) is 0 Å². The number of hydrogen-bond acceptors (Lipinski definition) is 7. The van der Waals surface area contributed by atoms with E-state index in [1.165, 1.54) is 6.20 Å². The predicted molar refractivity (Wildman–Crippen MR) is 115 cm³/mol. The van der Waals surface area contributed by atoms with Crippen LogP contribution in [0.1, 0.15) is 16.9 Å². The highest BCUT2D eigenvalue weighted by Crippen LogP contribution is 2.44. The van der Waals surface area contributed by atoms with Crippen molar-refractivity contribution in [2.75, 3.05) is 16.8 Å². The zero-order valence-corrected chi connectivity index (χ0v) is 16.9. The smallest absolute Gasteiger partial charge is 0.269 e. The summed E-state index contributed by atoms with van der Waals surface area (Å²) in [5, 5.41) is 4.29. The normalized spacial score (nSPS) is 22.3. The number of anilines is 1. The van der Waals surface area contributed by atoms with Gasteiger partial charge < -0.3 is 21.8 Å². The topological polar surface area (TPSA) is 163 Å². The van der Waals surface area contributed by atoms with Gasteiger partial charge >= 0.3 is 0 Å². The van der Waals surface area contributed by atoms with Crippen LogP contribution in [0.25, 0.3) is 22.3 Å². The van der Waals surface area contributed by atoms with Crippen molar-refractivity contribution in [1.82, 2.24) is 15.0 Å².